The van der Waals surface area contributed by atoms with Crippen molar-refractivity contribution in [1.29, 1.82) is 0 Å². The Balaban J connectivity index is 1.73. The van der Waals surface area contributed by atoms with Gasteiger partial charge in [-0.1, -0.05) is 30.3 Å². The van der Waals surface area contributed by atoms with Gasteiger partial charge in [0.15, 0.2) is 0 Å². The largest absolute Gasteiger partial charge is 0.488 e. The highest BCUT2D eigenvalue weighted by molar-refractivity contribution is 8.18. The third-order valence-electron chi connectivity index (χ3n) is 4.19. The summed E-state index contributed by atoms with van der Waals surface area (Å²) in [6.07, 6.45) is 1.64. The van der Waals surface area contributed by atoms with Crippen molar-refractivity contribution in [2.45, 2.75) is 6.61 Å². The highest BCUT2D eigenvalue weighted by Gasteiger charge is 2.34. The minimum absolute atomic E-state index is 0.207. The van der Waals surface area contributed by atoms with Gasteiger partial charge in [0.2, 0.25) is 0 Å². The number of rotatable bonds is 8. The molecule has 0 saturated carbocycles. The summed E-state index contributed by atoms with van der Waals surface area (Å²) in [5.41, 5.74) is 1.69. The van der Waals surface area contributed by atoms with Crippen molar-refractivity contribution < 1.29 is 29.0 Å². The van der Waals surface area contributed by atoms with Crippen molar-refractivity contribution in [3.8, 4) is 5.75 Å². The highest BCUT2D eigenvalue weighted by atomic mass is 32.2. The molecule has 1 aliphatic rings. The van der Waals surface area contributed by atoms with Crippen LogP contribution in [0.15, 0.2) is 53.4 Å². The zero-order valence-electron chi connectivity index (χ0n) is 15.7. The van der Waals surface area contributed by atoms with E-state index in [1.807, 2.05) is 12.1 Å². The zero-order chi connectivity index (χ0) is 20.8. The molecule has 8 heteroatoms. The number of carbonyl (C=O) groups excluding carboxylic acids is 2. The number of ether oxygens (including phenoxy) is 2. The van der Waals surface area contributed by atoms with Gasteiger partial charge in [-0.25, -0.2) is 4.79 Å². The van der Waals surface area contributed by atoms with Gasteiger partial charge in [0.05, 0.1) is 23.6 Å². The third kappa shape index (κ3) is 5.04. The van der Waals surface area contributed by atoms with Crippen LogP contribution in [0.2, 0.25) is 0 Å². The molecule has 3 rings (SSSR count). The average Bonchev–Trinajstić information content (AvgIpc) is 2.98. The van der Waals surface area contributed by atoms with Gasteiger partial charge in [-0.3, -0.25) is 14.5 Å². The number of nitrogens with zero attached hydrogens (tertiary/aromatic N) is 1. The van der Waals surface area contributed by atoms with Crippen LogP contribution in [0.1, 0.15) is 21.5 Å². The van der Waals surface area contributed by atoms with Crippen LogP contribution in [0.4, 0.5) is 4.79 Å². The monoisotopic (exact) mass is 413 g/mol. The molecule has 1 saturated heterocycles. The van der Waals surface area contributed by atoms with E-state index in [4.69, 9.17) is 14.6 Å². The molecule has 150 valence electrons. The number of thioether (sulfide) groups is 1. The SMILES string of the molecule is COCCN1C(=O)S/C(=C/c2ccccc2OCc2ccc(C(=O)O)cc2)C1=O. The van der Waals surface area contributed by atoms with Crippen LogP contribution < -0.4 is 4.74 Å². The van der Waals surface area contributed by atoms with E-state index in [-0.39, 0.29) is 36.5 Å². The second-order valence-corrected chi connectivity index (χ2v) is 7.15. The van der Waals surface area contributed by atoms with Gasteiger partial charge >= 0.3 is 5.97 Å². The molecule has 1 fully saturated rings. The quantitative estimate of drug-likeness (QED) is 0.660. The predicted molar refractivity (Wildman–Crippen MR) is 109 cm³/mol. The maximum absolute atomic E-state index is 12.5. The fraction of sp³-hybridized carbons (Fsp3) is 0.190. The summed E-state index contributed by atoms with van der Waals surface area (Å²) >= 11 is 0.886. The number of para-hydroxylation sites is 1. The van der Waals surface area contributed by atoms with Crippen molar-refractivity contribution >= 4 is 35.0 Å². The summed E-state index contributed by atoms with van der Waals surface area (Å²) in [6, 6.07) is 13.6. The van der Waals surface area contributed by atoms with Crippen LogP contribution in [-0.2, 0) is 16.1 Å². The number of amides is 2. The molecule has 0 bridgehead atoms. The number of imide groups is 1. The van der Waals surface area contributed by atoms with Gasteiger partial charge in [0, 0.05) is 12.7 Å². The summed E-state index contributed by atoms with van der Waals surface area (Å²) in [5, 5.41) is 8.64. The van der Waals surface area contributed by atoms with E-state index in [0.29, 0.717) is 16.2 Å². The second kappa shape index (κ2) is 9.40. The number of hydrogen-bond donors (Lipinski definition) is 1. The van der Waals surface area contributed by atoms with Crippen LogP contribution in [-0.4, -0.2) is 47.4 Å². The highest BCUT2D eigenvalue weighted by Crippen LogP contribution is 2.34. The van der Waals surface area contributed by atoms with E-state index in [2.05, 4.69) is 0 Å². The Kier molecular flexibility index (Phi) is 6.69. The number of carboxylic acid groups (broad SMARTS) is 1. The molecule has 2 aromatic carbocycles. The smallest absolute Gasteiger partial charge is 0.335 e. The van der Waals surface area contributed by atoms with Crippen LogP contribution >= 0.6 is 11.8 Å². The molecule has 1 heterocycles. The van der Waals surface area contributed by atoms with E-state index in [1.165, 1.54) is 19.2 Å². The maximum atomic E-state index is 12.5. The maximum Gasteiger partial charge on any atom is 0.335 e. The van der Waals surface area contributed by atoms with E-state index in [0.717, 1.165) is 22.2 Å². The number of benzene rings is 2. The molecule has 0 radical (unpaired) electrons. The van der Waals surface area contributed by atoms with Crippen LogP contribution in [0.3, 0.4) is 0 Å². The van der Waals surface area contributed by atoms with Crippen LogP contribution in [0, 0.1) is 0 Å². The first-order valence-corrected chi connectivity index (χ1v) is 9.59. The number of carbonyl (C=O) groups is 3. The second-order valence-electron chi connectivity index (χ2n) is 6.15. The molecule has 0 atom stereocenters. The molecule has 2 aromatic rings. The van der Waals surface area contributed by atoms with Gasteiger partial charge in [0.25, 0.3) is 11.1 Å². The van der Waals surface area contributed by atoms with Crippen molar-refractivity contribution in [2.75, 3.05) is 20.3 Å². The zero-order valence-corrected chi connectivity index (χ0v) is 16.5. The van der Waals surface area contributed by atoms with E-state index in [1.54, 1.807) is 30.3 Å². The van der Waals surface area contributed by atoms with Crippen LogP contribution in [0.25, 0.3) is 6.08 Å². The molecule has 0 spiro atoms. The Morgan fingerprint density at radius 2 is 1.86 bits per heavy atom. The van der Waals surface area contributed by atoms with E-state index >= 15 is 0 Å². The molecule has 0 aromatic heterocycles. The molecular weight excluding hydrogens is 394 g/mol. The molecule has 1 N–H and O–H groups in total. The average molecular weight is 413 g/mol. The fourth-order valence-electron chi connectivity index (χ4n) is 2.65. The van der Waals surface area contributed by atoms with Gasteiger partial charge in [-0.15, -0.1) is 0 Å². The molecule has 0 unspecified atom stereocenters. The Morgan fingerprint density at radius 1 is 1.14 bits per heavy atom. The fourth-order valence-corrected chi connectivity index (χ4v) is 3.51. The summed E-state index contributed by atoms with van der Waals surface area (Å²) in [6.45, 7) is 0.731. The first kappa shape index (κ1) is 20.6. The summed E-state index contributed by atoms with van der Waals surface area (Å²) in [4.78, 5) is 37.0. The molecule has 0 aliphatic carbocycles. The summed E-state index contributed by atoms with van der Waals surface area (Å²) in [7, 11) is 1.51. The lowest BCUT2D eigenvalue weighted by Crippen LogP contribution is -2.31. The molecule has 1 aliphatic heterocycles. The molecule has 7 nitrogen and oxygen atoms in total. The van der Waals surface area contributed by atoms with Crippen molar-refractivity contribution in [1.82, 2.24) is 4.90 Å². The normalized spacial score (nSPS) is 15.2. The Morgan fingerprint density at radius 3 is 2.55 bits per heavy atom. The molecular formula is C21H19NO6S. The van der Waals surface area contributed by atoms with Gasteiger partial charge in [-0.05, 0) is 41.6 Å². The Labute approximate surface area is 171 Å². The number of methoxy groups -OCH3 is 1. The summed E-state index contributed by atoms with van der Waals surface area (Å²) in [5.74, 6) is -0.781. The van der Waals surface area contributed by atoms with E-state index < -0.39 is 5.97 Å². The number of hydrogen-bond acceptors (Lipinski definition) is 6. The summed E-state index contributed by atoms with van der Waals surface area (Å²) < 4.78 is 10.8. The van der Waals surface area contributed by atoms with Crippen molar-refractivity contribution in [2.24, 2.45) is 0 Å². The lowest BCUT2D eigenvalue weighted by molar-refractivity contribution is -0.123. The van der Waals surface area contributed by atoms with Gasteiger partial charge in [0.1, 0.15) is 12.4 Å². The topological polar surface area (TPSA) is 93.1 Å². The minimum atomic E-state index is -0.984. The van der Waals surface area contributed by atoms with E-state index in [9.17, 15) is 14.4 Å². The minimum Gasteiger partial charge on any atom is -0.488 e. The number of aromatic carboxylic acids is 1. The number of carboxylic acids is 1. The van der Waals surface area contributed by atoms with Crippen molar-refractivity contribution in [3.05, 3.63) is 70.1 Å². The predicted octanol–water partition coefficient (Wildman–Crippen LogP) is 3.65. The molecule has 29 heavy (non-hydrogen) atoms. The van der Waals surface area contributed by atoms with Gasteiger partial charge < -0.3 is 14.6 Å². The first-order chi connectivity index (χ1) is 14.0. The van der Waals surface area contributed by atoms with Crippen LogP contribution in [0.5, 0.6) is 5.75 Å². The lowest BCUT2D eigenvalue weighted by Gasteiger charge is -2.11. The Bertz CT molecular complexity index is 954. The van der Waals surface area contributed by atoms with Crippen molar-refractivity contribution in [3.63, 3.8) is 0 Å². The lowest BCUT2D eigenvalue weighted by atomic mass is 10.1. The first-order valence-electron chi connectivity index (χ1n) is 8.78. The molecule has 2 amide bonds. The standard InChI is InChI=1S/C21H19NO6S/c1-27-11-10-22-19(23)18(29-21(22)26)12-16-4-2-3-5-17(16)28-13-14-6-8-15(9-7-14)20(24)25/h2-9,12H,10-11,13H2,1H3,(H,24,25)/b18-12+. The third-order valence-corrected chi connectivity index (χ3v) is 5.10. The Hall–Kier alpha value is -3.10. The van der Waals surface area contributed by atoms with Gasteiger partial charge in [-0.2, -0.15) is 0 Å².